The molecule has 1 unspecified atom stereocenters. The Bertz CT molecular complexity index is 394. The summed E-state index contributed by atoms with van der Waals surface area (Å²) in [5.41, 5.74) is 3.33. The van der Waals surface area contributed by atoms with Gasteiger partial charge in [-0.1, -0.05) is 18.9 Å². The van der Waals surface area contributed by atoms with Crippen LogP contribution in [0.15, 0.2) is 16.6 Å². The number of hydrazine groups is 1. The molecule has 1 aromatic carbocycles. The highest BCUT2D eigenvalue weighted by molar-refractivity contribution is 9.10. The molecule has 0 radical (unpaired) electrons. The van der Waals surface area contributed by atoms with Gasteiger partial charge in [0.25, 0.3) is 0 Å². The van der Waals surface area contributed by atoms with E-state index in [2.05, 4.69) is 21.4 Å². The first-order valence-corrected chi connectivity index (χ1v) is 6.02. The fourth-order valence-electron chi connectivity index (χ4n) is 1.78. The molecule has 88 valence electrons. The fraction of sp³-hybridized carbons (Fsp3) is 0.455. The average molecular weight is 291 g/mol. The number of hydrogen-bond donors (Lipinski definition) is 2. The van der Waals surface area contributed by atoms with Gasteiger partial charge in [-0.05, 0) is 39.9 Å². The lowest BCUT2D eigenvalue weighted by Crippen LogP contribution is -2.28. The van der Waals surface area contributed by atoms with Crippen molar-refractivity contribution in [2.45, 2.75) is 25.3 Å². The van der Waals surface area contributed by atoms with Crippen molar-refractivity contribution in [3.63, 3.8) is 0 Å². The number of hydrogen-bond acceptors (Lipinski definition) is 2. The summed E-state index contributed by atoms with van der Waals surface area (Å²) < 4.78 is 26.5. The summed E-state index contributed by atoms with van der Waals surface area (Å²) in [5, 5.41) is 0. The van der Waals surface area contributed by atoms with Gasteiger partial charge in [0.2, 0.25) is 0 Å². The van der Waals surface area contributed by atoms with E-state index in [-0.39, 0.29) is 10.5 Å². The molecular weight excluding hydrogens is 278 g/mol. The highest BCUT2D eigenvalue weighted by Gasteiger charge is 2.27. The lowest BCUT2D eigenvalue weighted by molar-refractivity contribution is 0.468. The second-order valence-corrected chi connectivity index (χ2v) is 4.96. The minimum atomic E-state index is -0.853. The monoisotopic (exact) mass is 290 g/mol. The topological polar surface area (TPSA) is 38.0 Å². The van der Waals surface area contributed by atoms with Gasteiger partial charge >= 0.3 is 0 Å². The minimum Gasteiger partial charge on any atom is -0.271 e. The predicted molar refractivity (Wildman–Crippen MR) is 61.5 cm³/mol. The van der Waals surface area contributed by atoms with Crippen LogP contribution in [0.4, 0.5) is 8.78 Å². The summed E-state index contributed by atoms with van der Waals surface area (Å²) in [6.07, 6.45) is 3.25. The van der Waals surface area contributed by atoms with Crippen LogP contribution in [0.25, 0.3) is 0 Å². The van der Waals surface area contributed by atoms with Gasteiger partial charge in [-0.3, -0.25) is 11.3 Å². The summed E-state index contributed by atoms with van der Waals surface area (Å²) in [4.78, 5) is 0. The Morgan fingerprint density at radius 2 is 2.12 bits per heavy atom. The first-order valence-electron chi connectivity index (χ1n) is 5.23. The lowest BCUT2D eigenvalue weighted by Gasteiger charge is -2.17. The van der Waals surface area contributed by atoms with Gasteiger partial charge in [0.1, 0.15) is 0 Å². The molecule has 1 atom stereocenters. The van der Waals surface area contributed by atoms with Gasteiger partial charge in [0.15, 0.2) is 11.6 Å². The van der Waals surface area contributed by atoms with Crippen molar-refractivity contribution in [1.82, 2.24) is 5.43 Å². The summed E-state index contributed by atoms with van der Waals surface area (Å²) in [6.45, 7) is 0. The van der Waals surface area contributed by atoms with Crippen molar-refractivity contribution in [3.8, 4) is 0 Å². The van der Waals surface area contributed by atoms with Crippen LogP contribution in [0.5, 0.6) is 0 Å². The van der Waals surface area contributed by atoms with E-state index in [0.29, 0.717) is 11.5 Å². The molecule has 1 aliphatic carbocycles. The Labute approximate surface area is 101 Å². The molecular formula is C11H13BrF2N2. The zero-order chi connectivity index (χ0) is 11.7. The van der Waals surface area contributed by atoms with Crippen LogP contribution in [-0.2, 0) is 0 Å². The molecule has 1 aromatic rings. The Hall–Kier alpha value is -0.520. The third-order valence-electron chi connectivity index (χ3n) is 2.91. The zero-order valence-electron chi connectivity index (χ0n) is 8.64. The number of rotatable bonds is 4. The summed E-state index contributed by atoms with van der Waals surface area (Å²) in [5.74, 6) is 4.40. The first kappa shape index (κ1) is 12.0. The number of halogens is 3. The Morgan fingerprint density at radius 1 is 1.44 bits per heavy atom. The summed E-state index contributed by atoms with van der Waals surface area (Å²) >= 11 is 3.07. The molecule has 2 rings (SSSR count). The van der Waals surface area contributed by atoms with E-state index in [1.807, 2.05) is 0 Å². The van der Waals surface area contributed by atoms with Crippen molar-refractivity contribution in [3.05, 3.63) is 33.8 Å². The molecule has 1 saturated carbocycles. The van der Waals surface area contributed by atoms with E-state index in [9.17, 15) is 8.78 Å². The molecule has 2 nitrogen and oxygen atoms in total. The quantitative estimate of drug-likeness (QED) is 0.508. The molecule has 3 N–H and O–H groups in total. The predicted octanol–water partition coefficient (Wildman–Crippen LogP) is 3.03. The van der Waals surface area contributed by atoms with Crippen LogP contribution >= 0.6 is 15.9 Å². The molecule has 1 aliphatic rings. The highest BCUT2D eigenvalue weighted by Crippen LogP contribution is 2.39. The van der Waals surface area contributed by atoms with Crippen LogP contribution in [0.1, 0.15) is 30.9 Å². The SMILES string of the molecule is NNC(CC1CC1)c1ccc(F)c(F)c1Br. The average Bonchev–Trinajstić information content (AvgIpc) is 3.07. The van der Waals surface area contributed by atoms with Crippen LogP contribution in [0.2, 0.25) is 0 Å². The summed E-state index contributed by atoms with van der Waals surface area (Å²) in [7, 11) is 0. The van der Waals surface area contributed by atoms with Gasteiger partial charge in [0, 0.05) is 6.04 Å². The molecule has 0 bridgehead atoms. The maximum Gasteiger partial charge on any atom is 0.173 e. The molecule has 0 saturated heterocycles. The largest absolute Gasteiger partial charge is 0.271 e. The molecule has 0 aromatic heterocycles. The standard InChI is InChI=1S/C11H13BrF2N2/c12-10-7(3-4-8(13)11(10)14)9(16-15)5-6-1-2-6/h3-4,6,9,16H,1-2,5,15H2. The Kier molecular flexibility index (Phi) is 3.56. The van der Waals surface area contributed by atoms with E-state index in [1.54, 1.807) is 6.07 Å². The molecule has 16 heavy (non-hydrogen) atoms. The second kappa shape index (κ2) is 4.77. The van der Waals surface area contributed by atoms with Crippen LogP contribution < -0.4 is 11.3 Å². The third-order valence-corrected chi connectivity index (χ3v) is 3.71. The molecule has 0 amide bonds. The Balaban J connectivity index is 2.26. The van der Waals surface area contributed by atoms with Gasteiger partial charge in [-0.15, -0.1) is 0 Å². The fourth-order valence-corrected chi connectivity index (χ4v) is 2.38. The summed E-state index contributed by atoms with van der Waals surface area (Å²) in [6, 6.07) is 2.57. The maximum atomic E-state index is 13.4. The number of benzene rings is 1. The second-order valence-electron chi connectivity index (χ2n) is 4.16. The van der Waals surface area contributed by atoms with Gasteiger partial charge in [-0.25, -0.2) is 8.78 Å². The van der Waals surface area contributed by atoms with Crippen LogP contribution in [-0.4, -0.2) is 0 Å². The van der Waals surface area contributed by atoms with E-state index in [4.69, 9.17) is 5.84 Å². The third kappa shape index (κ3) is 2.42. The maximum absolute atomic E-state index is 13.4. The Morgan fingerprint density at radius 3 is 2.69 bits per heavy atom. The molecule has 0 heterocycles. The van der Waals surface area contributed by atoms with E-state index >= 15 is 0 Å². The smallest absolute Gasteiger partial charge is 0.173 e. The minimum absolute atomic E-state index is 0.128. The molecule has 5 heteroatoms. The van der Waals surface area contributed by atoms with Crippen LogP contribution in [0.3, 0.4) is 0 Å². The van der Waals surface area contributed by atoms with Crippen molar-refractivity contribution in [1.29, 1.82) is 0 Å². The van der Waals surface area contributed by atoms with Gasteiger partial charge in [-0.2, -0.15) is 0 Å². The van der Waals surface area contributed by atoms with Crippen molar-refractivity contribution < 1.29 is 8.78 Å². The lowest BCUT2D eigenvalue weighted by atomic mass is 10.0. The first-order chi connectivity index (χ1) is 7.63. The molecule has 1 fully saturated rings. The highest BCUT2D eigenvalue weighted by atomic mass is 79.9. The van der Waals surface area contributed by atoms with Gasteiger partial charge < -0.3 is 0 Å². The van der Waals surface area contributed by atoms with Crippen molar-refractivity contribution >= 4 is 15.9 Å². The normalized spacial score (nSPS) is 17.5. The van der Waals surface area contributed by atoms with Crippen LogP contribution in [0, 0.1) is 17.6 Å². The van der Waals surface area contributed by atoms with Crippen molar-refractivity contribution in [2.75, 3.05) is 0 Å². The van der Waals surface area contributed by atoms with Crippen molar-refractivity contribution in [2.24, 2.45) is 11.8 Å². The van der Waals surface area contributed by atoms with E-state index in [0.717, 1.165) is 12.5 Å². The van der Waals surface area contributed by atoms with E-state index < -0.39 is 11.6 Å². The number of nitrogens with one attached hydrogen (secondary N) is 1. The molecule has 0 aliphatic heterocycles. The van der Waals surface area contributed by atoms with E-state index in [1.165, 1.54) is 12.8 Å². The molecule has 0 spiro atoms. The van der Waals surface area contributed by atoms with Gasteiger partial charge in [0.05, 0.1) is 4.47 Å². The number of nitrogens with two attached hydrogens (primary N) is 1. The zero-order valence-corrected chi connectivity index (χ0v) is 10.2.